The van der Waals surface area contributed by atoms with Crippen LogP contribution < -0.4 is 14.4 Å². The molecule has 0 atom stereocenters. The fourth-order valence-electron chi connectivity index (χ4n) is 3.53. The van der Waals surface area contributed by atoms with Crippen molar-refractivity contribution in [3.8, 4) is 11.5 Å². The quantitative estimate of drug-likeness (QED) is 0.690. The first kappa shape index (κ1) is 19.2. The molecule has 1 aromatic carbocycles. The van der Waals surface area contributed by atoms with Crippen molar-refractivity contribution in [3.05, 3.63) is 42.2 Å². The van der Waals surface area contributed by atoms with Gasteiger partial charge in [-0.1, -0.05) is 0 Å². The van der Waals surface area contributed by atoms with Gasteiger partial charge in [0, 0.05) is 57.0 Å². The Morgan fingerprint density at radius 3 is 2.41 bits per heavy atom. The standard InChI is InChI=1S/C21H24N4O4/c26-17(16-5-6-18-19(15-16)29-14-13-28-18)3-1-4-20(27)24-9-11-25(12-10-24)21-22-7-2-8-23-21/h2,5-8,15H,1,3-4,9-14H2. The van der Waals surface area contributed by atoms with Crippen molar-refractivity contribution >= 4 is 17.6 Å². The lowest BCUT2D eigenvalue weighted by molar-refractivity contribution is -0.131. The van der Waals surface area contributed by atoms with Gasteiger partial charge in [0.1, 0.15) is 13.2 Å². The number of amides is 1. The fourth-order valence-corrected chi connectivity index (χ4v) is 3.53. The summed E-state index contributed by atoms with van der Waals surface area (Å²) in [6.07, 6.45) is 4.69. The van der Waals surface area contributed by atoms with Crippen molar-refractivity contribution in [2.24, 2.45) is 0 Å². The number of hydrogen-bond donors (Lipinski definition) is 0. The Kier molecular flexibility index (Phi) is 5.88. The smallest absolute Gasteiger partial charge is 0.225 e. The van der Waals surface area contributed by atoms with Gasteiger partial charge in [0.15, 0.2) is 17.3 Å². The summed E-state index contributed by atoms with van der Waals surface area (Å²) in [7, 11) is 0. The van der Waals surface area contributed by atoms with E-state index >= 15 is 0 Å². The number of nitrogens with zero attached hydrogens (tertiary/aromatic N) is 4. The molecule has 2 aliphatic rings. The van der Waals surface area contributed by atoms with Crippen LogP contribution in [-0.4, -0.2) is 66.0 Å². The van der Waals surface area contributed by atoms with Crippen molar-refractivity contribution in [3.63, 3.8) is 0 Å². The summed E-state index contributed by atoms with van der Waals surface area (Å²) in [5.41, 5.74) is 0.596. The average Bonchev–Trinajstić information content (AvgIpc) is 2.79. The average molecular weight is 396 g/mol. The van der Waals surface area contributed by atoms with Crippen molar-refractivity contribution in [1.82, 2.24) is 14.9 Å². The molecule has 4 rings (SSSR count). The molecule has 1 aromatic heterocycles. The number of fused-ring (bicyclic) bond motifs is 1. The molecule has 1 fully saturated rings. The van der Waals surface area contributed by atoms with Crippen LogP contribution in [0.3, 0.4) is 0 Å². The van der Waals surface area contributed by atoms with E-state index in [2.05, 4.69) is 14.9 Å². The van der Waals surface area contributed by atoms with Gasteiger partial charge in [-0.3, -0.25) is 9.59 Å². The maximum atomic E-state index is 12.5. The summed E-state index contributed by atoms with van der Waals surface area (Å²) >= 11 is 0. The van der Waals surface area contributed by atoms with E-state index in [1.807, 2.05) is 4.90 Å². The van der Waals surface area contributed by atoms with E-state index in [1.54, 1.807) is 36.7 Å². The monoisotopic (exact) mass is 396 g/mol. The van der Waals surface area contributed by atoms with E-state index in [4.69, 9.17) is 9.47 Å². The Hall–Kier alpha value is -3.16. The number of hydrogen-bond acceptors (Lipinski definition) is 7. The number of ether oxygens (including phenoxy) is 2. The summed E-state index contributed by atoms with van der Waals surface area (Å²) in [5, 5.41) is 0. The second-order valence-electron chi connectivity index (χ2n) is 7.05. The van der Waals surface area contributed by atoms with Crippen LogP contribution in [0.15, 0.2) is 36.7 Å². The van der Waals surface area contributed by atoms with Crippen molar-refractivity contribution in [1.29, 1.82) is 0 Å². The number of benzene rings is 1. The first-order valence-electron chi connectivity index (χ1n) is 9.93. The highest BCUT2D eigenvalue weighted by molar-refractivity contribution is 5.96. The molecule has 2 aromatic rings. The lowest BCUT2D eigenvalue weighted by Crippen LogP contribution is -2.49. The zero-order valence-electron chi connectivity index (χ0n) is 16.2. The van der Waals surface area contributed by atoms with E-state index < -0.39 is 0 Å². The highest BCUT2D eigenvalue weighted by Crippen LogP contribution is 2.31. The van der Waals surface area contributed by atoms with Gasteiger partial charge in [0.2, 0.25) is 11.9 Å². The Morgan fingerprint density at radius 1 is 0.931 bits per heavy atom. The first-order valence-corrected chi connectivity index (χ1v) is 9.93. The summed E-state index contributed by atoms with van der Waals surface area (Å²) in [5.74, 6) is 2.08. The van der Waals surface area contributed by atoms with E-state index in [1.165, 1.54) is 0 Å². The molecule has 0 spiro atoms. The van der Waals surface area contributed by atoms with Crippen LogP contribution in [-0.2, 0) is 4.79 Å². The number of piperazine rings is 1. The van der Waals surface area contributed by atoms with Gasteiger partial charge in [0.25, 0.3) is 0 Å². The zero-order valence-corrected chi connectivity index (χ0v) is 16.2. The number of rotatable bonds is 6. The predicted molar refractivity (Wildman–Crippen MR) is 106 cm³/mol. The Morgan fingerprint density at radius 2 is 1.66 bits per heavy atom. The summed E-state index contributed by atoms with van der Waals surface area (Å²) in [4.78, 5) is 37.4. The van der Waals surface area contributed by atoms with Crippen molar-refractivity contribution in [2.45, 2.75) is 19.3 Å². The largest absolute Gasteiger partial charge is 0.486 e. The topological polar surface area (TPSA) is 84.9 Å². The second-order valence-corrected chi connectivity index (χ2v) is 7.05. The number of carbonyl (C=O) groups excluding carboxylic acids is 2. The van der Waals surface area contributed by atoms with Crippen LogP contribution in [0, 0.1) is 0 Å². The van der Waals surface area contributed by atoms with Crippen molar-refractivity contribution < 1.29 is 19.1 Å². The highest BCUT2D eigenvalue weighted by Gasteiger charge is 2.22. The molecule has 0 N–H and O–H groups in total. The molecule has 0 unspecified atom stereocenters. The second kappa shape index (κ2) is 8.89. The molecular weight excluding hydrogens is 372 g/mol. The zero-order chi connectivity index (χ0) is 20.1. The van der Waals surface area contributed by atoms with Gasteiger partial charge in [-0.25, -0.2) is 9.97 Å². The first-order chi connectivity index (χ1) is 14.2. The molecule has 1 amide bonds. The van der Waals surface area contributed by atoms with Crippen LogP contribution >= 0.6 is 0 Å². The Balaban J connectivity index is 1.22. The lowest BCUT2D eigenvalue weighted by Gasteiger charge is -2.34. The maximum absolute atomic E-state index is 12.5. The van der Waals surface area contributed by atoms with Gasteiger partial charge < -0.3 is 19.3 Å². The normalized spacial score (nSPS) is 15.9. The predicted octanol–water partition coefficient (Wildman–Crippen LogP) is 1.95. The Labute approximate surface area is 169 Å². The number of anilines is 1. The third-order valence-corrected chi connectivity index (χ3v) is 5.13. The molecule has 1 saturated heterocycles. The third kappa shape index (κ3) is 4.64. The van der Waals surface area contributed by atoms with Crippen LogP contribution in [0.4, 0.5) is 5.95 Å². The lowest BCUT2D eigenvalue weighted by atomic mass is 10.0. The van der Waals surface area contributed by atoms with E-state index in [9.17, 15) is 9.59 Å². The number of ketones is 1. The molecule has 0 bridgehead atoms. The van der Waals surface area contributed by atoms with Gasteiger partial charge in [-0.2, -0.15) is 0 Å². The third-order valence-electron chi connectivity index (χ3n) is 5.13. The minimum atomic E-state index is 0.0146. The minimum Gasteiger partial charge on any atom is -0.486 e. The van der Waals surface area contributed by atoms with Crippen molar-refractivity contribution in [2.75, 3.05) is 44.3 Å². The molecule has 8 heteroatoms. The van der Waals surface area contributed by atoms with Gasteiger partial charge >= 0.3 is 0 Å². The van der Waals surface area contributed by atoms with E-state index in [-0.39, 0.29) is 11.7 Å². The van der Waals surface area contributed by atoms with Gasteiger partial charge in [-0.15, -0.1) is 0 Å². The summed E-state index contributed by atoms with van der Waals surface area (Å²) in [6.45, 7) is 3.73. The molecule has 0 aliphatic carbocycles. The molecule has 0 radical (unpaired) electrons. The maximum Gasteiger partial charge on any atom is 0.225 e. The number of aromatic nitrogens is 2. The number of carbonyl (C=O) groups is 2. The molecule has 2 aliphatic heterocycles. The number of Topliss-reactive ketones (excluding diaryl/α,β-unsaturated/α-hetero) is 1. The summed E-state index contributed by atoms with van der Waals surface area (Å²) < 4.78 is 11.0. The van der Waals surface area contributed by atoms with Crippen LogP contribution in [0.5, 0.6) is 11.5 Å². The molecular formula is C21H24N4O4. The fraction of sp³-hybridized carbons (Fsp3) is 0.429. The van der Waals surface area contributed by atoms with Crippen LogP contribution in [0.2, 0.25) is 0 Å². The van der Waals surface area contributed by atoms with E-state index in [0.29, 0.717) is 81.7 Å². The molecule has 152 valence electrons. The SMILES string of the molecule is O=C(CCCC(=O)N1CCN(c2ncccn2)CC1)c1ccc2c(c1)OCCO2. The van der Waals surface area contributed by atoms with Gasteiger partial charge in [-0.05, 0) is 30.7 Å². The van der Waals surface area contributed by atoms with Crippen LogP contribution in [0.25, 0.3) is 0 Å². The molecule has 0 saturated carbocycles. The Bertz CT molecular complexity index is 866. The molecule has 8 nitrogen and oxygen atoms in total. The molecule has 3 heterocycles. The van der Waals surface area contributed by atoms with E-state index in [0.717, 1.165) is 0 Å². The minimum absolute atomic E-state index is 0.0146. The van der Waals surface area contributed by atoms with Crippen LogP contribution in [0.1, 0.15) is 29.6 Å². The highest BCUT2D eigenvalue weighted by atomic mass is 16.6. The summed E-state index contributed by atoms with van der Waals surface area (Å²) in [6, 6.07) is 7.03. The molecule has 29 heavy (non-hydrogen) atoms. The van der Waals surface area contributed by atoms with Gasteiger partial charge in [0.05, 0.1) is 0 Å².